The number of aliphatic hydroxyl groups is 1. The van der Waals surface area contributed by atoms with Gasteiger partial charge in [0.1, 0.15) is 0 Å². The van der Waals surface area contributed by atoms with Crippen molar-refractivity contribution in [1.82, 2.24) is 5.32 Å². The molecule has 0 radical (unpaired) electrons. The van der Waals surface area contributed by atoms with Gasteiger partial charge in [-0.15, -0.1) is 0 Å². The molecule has 0 bridgehead atoms. The molecule has 0 aliphatic carbocycles. The van der Waals surface area contributed by atoms with Crippen LogP contribution in [0.1, 0.15) is 19.3 Å². The Morgan fingerprint density at radius 1 is 1.50 bits per heavy atom. The van der Waals surface area contributed by atoms with E-state index in [1.165, 1.54) is 7.11 Å². The molecule has 0 aliphatic heterocycles. The molecule has 1 atom stereocenters. The zero-order valence-corrected chi connectivity index (χ0v) is 8.53. The Hall–Kier alpha value is -0.650. The molecule has 84 valence electrons. The van der Waals surface area contributed by atoms with Gasteiger partial charge in [-0.1, -0.05) is 0 Å². The van der Waals surface area contributed by atoms with Gasteiger partial charge in [-0.3, -0.25) is 4.79 Å². The van der Waals surface area contributed by atoms with Crippen LogP contribution < -0.4 is 5.32 Å². The lowest BCUT2D eigenvalue weighted by molar-refractivity contribution is -0.137. The van der Waals surface area contributed by atoms with Gasteiger partial charge >= 0.3 is 5.97 Å². The van der Waals surface area contributed by atoms with Crippen LogP contribution in [-0.4, -0.2) is 49.1 Å². The highest BCUT2D eigenvalue weighted by molar-refractivity contribution is 5.66. The first-order valence-corrected chi connectivity index (χ1v) is 4.76. The fraction of sp³-hybridized carbons (Fsp3) is 0.889. The number of aliphatic hydroxyl groups excluding tert-OH is 1. The minimum atomic E-state index is -0.760. The molecule has 0 aromatic rings. The third kappa shape index (κ3) is 9.44. The van der Waals surface area contributed by atoms with E-state index >= 15 is 0 Å². The summed E-state index contributed by atoms with van der Waals surface area (Å²) < 4.78 is 4.75. The van der Waals surface area contributed by atoms with Crippen molar-refractivity contribution in [3.05, 3.63) is 0 Å². The number of aliphatic carboxylic acids is 1. The number of carboxylic acid groups (broad SMARTS) is 1. The van der Waals surface area contributed by atoms with Crippen molar-refractivity contribution < 1.29 is 19.7 Å². The number of hydrogen-bond acceptors (Lipinski definition) is 4. The van der Waals surface area contributed by atoms with Crippen LogP contribution in [0, 0.1) is 0 Å². The summed E-state index contributed by atoms with van der Waals surface area (Å²) >= 11 is 0. The fourth-order valence-corrected chi connectivity index (χ4v) is 1.05. The standard InChI is InChI=1S/C9H19NO4/c1-14-7-8(11)6-10-5-3-2-4-9(12)13/h8,10-11H,2-7H2,1H3,(H,12,13). The van der Waals surface area contributed by atoms with Crippen LogP contribution in [0.2, 0.25) is 0 Å². The minimum absolute atomic E-state index is 0.211. The Balaban J connectivity index is 3.09. The highest BCUT2D eigenvalue weighted by atomic mass is 16.5. The average molecular weight is 205 g/mol. The predicted octanol–water partition coefficient (Wildman–Crippen LogP) is -0.162. The van der Waals surface area contributed by atoms with E-state index in [0.717, 1.165) is 13.0 Å². The molecule has 0 fully saturated rings. The van der Waals surface area contributed by atoms with Gasteiger partial charge in [0.15, 0.2) is 0 Å². The van der Waals surface area contributed by atoms with Gasteiger partial charge < -0.3 is 20.3 Å². The lowest BCUT2D eigenvalue weighted by Gasteiger charge is -2.09. The van der Waals surface area contributed by atoms with Crippen molar-refractivity contribution in [1.29, 1.82) is 0 Å². The summed E-state index contributed by atoms with van der Waals surface area (Å²) in [5.74, 6) is -0.760. The van der Waals surface area contributed by atoms with Crippen LogP contribution >= 0.6 is 0 Å². The summed E-state index contributed by atoms with van der Waals surface area (Å²) in [6, 6.07) is 0. The third-order valence-electron chi connectivity index (χ3n) is 1.73. The van der Waals surface area contributed by atoms with E-state index in [1.807, 2.05) is 0 Å². The summed E-state index contributed by atoms with van der Waals surface area (Å²) in [5, 5.41) is 20.6. The number of unbranched alkanes of at least 4 members (excludes halogenated alkanes) is 1. The summed E-state index contributed by atoms with van der Waals surface area (Å²) in [4.78, 5) is 10.1. The van der Waals surface area contributed by atoms with Crippen LogP contribution in [0.15, 0.2) is 0 Å². The van der Waals surface area contributed by atoms with Crippen molar-refractivity contribution >= 4 is 5.97 Å². The summed E-state index contributed by atoms with van der Waals surface area (Å²) in [6.07, 6.45) is 1.20. The Kier molecular flexibility index (Phi) is 8.51. The van der Waals surface area contributed by atoms with Gasteiger partial charge in [-0.2, -0.15) is 0 Å². The van der Waals surface area contributed by atoms with E-state index in [-0.39, 0.29) is 6.42 Å². The summed E-state index contributed by atoms with van der Waals surface area (Å²) in [7, 11) is 1.54. The van der Waals surface area contributed by atoms with Gasteiger partial charge in [-0.05, 0) is 19.4 Å². The number of carboxylic acids is 1. The average Bonchev–Trinajstić information content (AvgIpc) is 2.11. The Bertz CT molecular complexity index is 152. The van der Waals surface area contributed by atoms with Gasteiger partial charge in [0, 0.05) is 20.1 Å². The Labute approximate surface area is 84.1 Å². The van der Waals surface area contributed by atoms with Gasteiger partial charge in [0.25, 0.3) is 0 Å². The second-order valence-electron chi connectivity index (χ2n) is 3.16. The molecule has 0 spiro atoms. The van der Waals surface area contributed by atoms with Crippen molar-refractivity contribution in [2.45, 2.75) is 25.4 Å². The number of hydrogen-bond donors (Lipinski definition) is 3. The number of ether oxygens (including phenoxy) is 1. The molecule has 5 heteroatoms. The molecule has 0 amide bonds. The highest BCUT2D eigenvalue weighted by Gasteiger charge is 2.01. The molecule has 0 aromatic carbocycles. The molecule has 14 heavy (non-hydrogen) atoms. The smallest absolute Gasteiger partial charge is 0.303 e. The SMILES string of the molecule is COCC(O)CNCCCCC(=O)O. The second kappa shape index (κ2) is 8.93. The molecule has 5 nitrogen and oxygen atoms in total. The lowest BCUT2D eigenvalue weighted by Crippen LogP contribution is -2.30. The zero-order chi connectivity index (χ0) is 10.8. The predicted molar refractivity (Wildman–Crippen MR) is 52.2 cm³/mol. The molecule has 0 saturated heterocycles. The molecule has 1 unspecified atom stereocenters. The van der Waals surface area contributed by atoms with Crippen molar-refractivity contribution in [2.24, 2.45) is 0 Å². The monoisotopic (exact) mass is 205 g/mol. The van der Waals surface area contributed by atoms with E-state index < -0.39 is 12.1 Å². The number of carbonyl (C=O) groups is 1. The first-order chi connectivity index (χ1) is 6.66. The van der Waals surface area contributed by atoms with Gasteiger partial charge in [0.05, 0.1) is 12.7 Å². The molecule has 0 rings (SSSR count). The molecule has 3 N–H and O–H groups in total. The number of methoxy groups -OCH3 is 1. The van der Waals surface area contributed by atoms with Crippen LogP contribution in [-0.2, 0) is 9.53 Å². The van der Waals surface area contributed by atoms with Crippen molar-refractivity contribution in [3.8, 4) is 0 Å². The lowest BCUT2D eigenvalue weighted by atomic mass is 10.2. The maximum Gasteiger partial charge on any atom is 0.303 e. The molecule has 0 aliphatic rings. The largest absolute Gasteiger partial charge is 0.481 e. The molecule has 0 saturated carbocycles. The van der Waals surface area contributed by atoms with Crippen LogP contribution in [0.25, 0.3) is 0 Å². The van der Waals surface area contributed by atoms with E-state index in [4.69, 9.17) is 9.84 Å². The van der Waals surface area contributed by atoms with Crippen molar-refractivity contribution in [2.75, 3.05) is 26.8 Å². The topological polar surface area (TPSA) is 78.8 Å². The summed E-state index contributed by atoms with van der Waals surface area (Å²) in [5.41, 5.74) is 0. The van der Waals surface area contributed by atoms with Crippen molar-refractivity contribution in [3.63, 3.8) is 0 Å². The zero-order valence-electron chi connectivity index (χ0n) is 8.53. The highest BCUT2D eigenvalue weighted by Crippen LogP contribution is 1.93. The molecular formula is C9H19NO4. The number of nitrogens with one attached hydrogen (secondary N) is 1. The van der Waals surface area contributed by atoms with Crippen LogP contribution in [0.3, 0.4) is 0 Å². The van der Waals surface area contributed by atoms with Crippen LogP contribution in [0.4, 0.5) is 0 Å². The molecule has 0 aromatic heterocycles. The fourth-order valence-electron chi connectivity index (χ4n) is 1.05. The third-order valence-corrected chi connectivity index (χ3v) is 1.73. The second-order valence-corrected chi connectivity index (χ2v) is 3.16. The minimum Gasteiger partial charge on any atom is -0.481 e. The quantitative estimate of drug-likeness (QED) is 0.456. The normalized spacial score (nSPS) is 12.7. The molecular weight excluding hydrogens is 186 g/mol. The van der Waals surface area contributed by atoms with Gasteiger partial charge in [0.2, 0.25) is 0 Å². The summed E-state index contributed by atoms with van der Waals surface area (Å²) in [6.45, 7) is 1.54. The first kappa shape index (κ1) is 13.4. The maximum atomic E-state index is 10.1. The van der Waals surface area contributed by atoms with E-state index in [0.29, 0.717) is 19.6 Å². The molecule has 0 heterocycles. The van der Waals surface area contributed by atoms with E-state index in [9.17, 15) is 9.90 Å². The van der Waals surface area contributed by atoms with Gasteiger partial charge in [-0.25, -0.2) is 0 Å². The van der Waals surface area contributed by atoms with E-state index in [2.05, 4.69) is 5.32 Å². The van der Waals surface area contributed by atoms with E-state index in [1.54, 1.807) is 0 Å². The number of rotatable bonds is 9. The Morgan fingerprint density at radius 3 is 2.79 bits per heavy atom. The maximum absolute atomic E-state index is 10.1. The Morgan fingerprint density at radius 2 is 2.21 bits per heavy atom. The van der Waals surface area contributed by atoms with Crippen LogP contribution in [0.5, 0.6) is 0 Å². The first-order valence-electron chi connectivity index (χ1n) is 4.76.